The van der Waals surface area contributed by atoms with E-state index in [0.717, 1.165) is 16.5 Å². The zero-order valence-corrected chi connectivity index (χ0v) is 9.66. The Kier molecular flexibility index (Phi) is 3.39. The normalized spacial score (nSPS) is 10.7. The lowest BCUT2D eigenvalue weighted by atomic mass is 10.0. The monoisotopic (exact) mass is 233 g/mol. The number of benzene rings is 1. The molecule has 0 fully saturated rings. The topological polar surface area (TPSA) is 78.0 Å². The number of hydrogen-bond donors (Lipinski definition) is 3. The number of aromatic amines is 1. The van der Waals surface area contributed by atoms with E-state index >= 15 is 0 Å². The summed E-state index contributed by atoms with van der Waals surface area (Å²) in [6, 6.07) is 3.63. The van der Waals surface area contributed by atoms with Gasteiger partial charge in [0.2, 0.25) is 0 Å². The van der Waals surface area contributed by atoms with Crippen molar-refractivity contribution >= 4 is 16.8 Å². The molecule has 1 aromatic heterocycles. The molecule has 0 aliphatic heterocycles. The largest absolute Gasteiger partial charge is 0.396 e. The molecule has 0 aliphatic carbocycles. The maximum absolute atomic E-state index is 11.9. The van der Waals surface area contributed by atoms with Gasteiger partial charge in [-0.3, -0.25) is 9.89 Å². The van der Waals surface area contributed by atoms with Gasteiger partial charge in [0.1, 0.15) is 0 Å². The predicted octanol–water partition coefficient (Wildman–Crippen LogP) is 0.984. The summed E-state index contributed by atoms with van der Waals surface area (Å²) in [6.45, 7) is 2.47. The SMILES string of the molecule is Cc1c(C(=O)NCCCO)ccc2[nH]ncc12. The average molecular weight is 233 g/mol. The first-order chi connectivity index (χ1) is 8.24. The Bertz CT molecular complexity index is 534. The van der Waals surface area contributed by atoms with Crippen molar-refractivity contribution in [2.45, 2.75) is 13.3 Å². The lowest BCUT2D eigenvalue weighted by Gasteiger charge is -2.07. The molecule has 0 atom stereocenters. The van der Waals surface area contributed by atoms with Crippen molar-refractivity contribution < 1.29 is 9.90 Å². The van der Waals surface area contributed by atoms with E-state index in [1.807, 2.05) is 13.0 Å². The lowest BCUT2D eigenvalue weighted by Crippen LogP contribution is -2.25. The van der Waals surface area contributed by atoms with Gasteiger partial charge in [-0.25, -0.2) is 0 Å². The van der Waals surface area contributed by atoms with Crippen LogP contribution in [0.3, 0.4) is 0 Å². The quantitative estimate of drug-likeness (QED) is 0.689. The first-order valence-corrected chi connectivity index (χ1v) is 5.56. The summed E-state index contributed by atoms with van der Waals surface area (Å²) in [6.07, 6.45) is 2.29. The van der Waals surface area contributed by atoms with Crippen molar-refractivity contribution in [1.29, 1.82) is 0 Å². The molecule has 0 bridgehead atoms. The number of aryl methyl sites for hydroxylation is 1. The number of carbonyl (C=O) groups is 1. The van der Waals surface area contributed by atoms with E-state index in [0.29, 0.717) is 18.5 Å². The number of aromatic nitrogens is 2. The maximum Gasteiger partial charge on any atom is 0.251 e. The van der Waals surface area contributed by atoms with Crippen LogP contribution in [0.25, 0.3) is 10.9 Å². The minimum atomic E-state index is -0.112. The number of rotatable bonds is 4. The average Bonchev–Trinajstić information content (AvgIpc) is 2.78. The van der Waals surface area contributed by atoms with E-state index in [2.05, 4.69) is 15.5 Å². The molecule has 0 unspecified atom stereocenters. The van der Waals surface area contributed by atoms with E-state index in [1.54, 1.807) is 12.3 Å². The van der Waals surface area contributed by atoms with Crippen molar-refractivity contribution in [3.8, 4) is 0 Å². The van der Waals surface area contributed by atoms with Crippen LogP contribution >= 0.6 is 0 Å². The second-order valence-electron chi connectivity index (χ2n) is 3.90. The number of H-pyrrole nitrogens is 1. The summed E-state index contributed by atoms with van der Waals surface area (Å²) in [7, 11) is 0. The highest BCUT2D eigenvalue weighted by Gasteiger charge is 2.11. The van der Waals surface area contributed by atoms with E-state index < -0.39 is 0 Å². The number of amides is 1. The van der Waals surface area contributed by atoms with Gasteiger partial charge in [-0.1, -0.05) is 0 Å². The Balaban J connectivity index is 2.23. The Morgan fingerprint density at radius 2 is 2.35 bits per heavy atom. The van der Waals surface area contributed by atoms with Crippen LogP contribution in [-0.4, -0.2) is 34.4 Å². The van der Waals surface area contributed by atoms with E-state index in [9.17, 15) is 4.79 Å². The molecular formula is C12H15N3O2. The number of fused-ring (bicyclic) bond motifs is 1. The zero-order chi connectivity index (χ0) is 12.3. The molecule has 1 amide bonds. The molecule has 17 heavy (non-hydrogen) atoms. The van der Waals surface area contributed by atoms with Crippen molar-refractivity contribution in [2.75, 3.05) is 13.2 Å². The van der Waals surface area contributed by atoms with Crippen molar-refractivity contribution in [3.63, 3.8) is 0 Å². The van der Waals surface area contributed by atoms with Crippen LogP contribution in [0.1, 0.15) is 22.3 Å². The van der Waals surface area contributed by atoms with E-state index in [4.69, 9.17) is 5.11 Å². The number of nitrogens with one attached hydrogen (secondary N) is 2. The molecule has 1 heterocycles. The lowest BCUT2D eigenvalue weighted by molar-refractivity contribution is 0.0950. The zero-order valence-electron chi connectivity index (χ0n) is 9.66. The van der Waals surface area contributed by atoms with E-state index in [1.165, 1.54) is 0 Å². The van der Waals surface area contributed by atoms with Gasteiger partial charge < -0.3 is 10.4 Å². The highest BCUT2D eigenvalue weighted by atomic mass is 16.3. The second kappa shape index (κ2) is 4.97. The standard InChI is InChI=1S/C12H15N3O2/c1-8-9(12(17)13-5-2-6-16)3-4-11-10(8)7-14-15-11/h3-4,7,16H,2,5-6H2,1H3,(H,13,17)(H,14,15). The third-order valence-electron chi connectivity index (χ3n) is 2.76. The second-order valence-corrected chi connectivity index (χ2v) is 3.90. The number of carbonyl (C=O) groups excluding carboxylic acids is 1. The first kappa shape index (κ1) is 11.6. The van der Waals surface area contributed by atoms with Gasteiger partial charge in [-0.05, 0) is 31.0 Å². The molecule has 0 spiro atoms. The molecule has 2 rings (SSSR count). The smallest absolute Gasteiger partial charge is 0.251 e. The summed E-state index contributed by atoms with van der Waals surface area (Å²) < 4.78 is 0. The maximum atomic E-state index is 11.9. The Labute approximate surface area is 98.8 Å². The fourth-order valence-corrected chi connectivity index (χ4v) is 1.78. The molecule has 0 radical (unpaired) electrons. The number of nitrogens with zero attached hydrogens (tertiary/aromatic N) is 1. The van der Waals surface area contributed by atoms with Gasteiger partial charge >= 0.3 is 0 Å². The summed E-state index contributed by atoms with van der Waals surface area (Å²) >= 11 is 0. The number of aliphatic hydroxyl groups is 1. The molecule has 0 saturated heterocycles. The van der Waals surface area contributed by atoms with Gasteiger partial charge in [0, 0.05) is 24.1 Å². The summed E-state index contributed by atoms with van der Waals surface area (Å²) in [5.41, 5.74) is 2.49. The van der Waals surface area contributed by atoms with Crippen molar-refractivity contribution in [1.82, 2.24) is 15.5 Å². The summed E-state index contributed by atoms with van der Waals surface area (Å²) in [5.74, 6) is -0.112. The van der Waals surface area contributed by atoms with Crippen LogP contribution in [0.4, 0.5) is 0 Å². The third kappa shape index (κ3) is 2.29. The fraction of sp³-hybridized carbons (Fsp3) is 0.333. The minimum Gasteiger partial charge on any atom is -0.396 e. The molecule has 1 aromatic carbocycles. The van der Waals surface area contributed by atoms with Gasteiger partial charge in [0.25, 0.3) is 5.91 Å². The molecule has 5 heteroatoms. The predicted molar refractivity (Wildman–Crippen MR) is 64.9 cm³/mol. The fourth-order valence-electron chi connectivity index (χ4n) is 1.78. The van der Waals surface area contributed by atoms with Crippen LogP contribution in [0.2, 0.25) is 0 Å². The Morgan fingerprint density at radius 3 is 3.12 bits per heavy atom. The van der Waals surface area contributed by atoms with Crippen LogP contribution in [0.5, 0.6) is 0 Å². The highest BCUT2D eigenvalue weighted by Crippen LogP contribution is 2.19. The Morgan fingerprint density at radius 1 is 1.53 bits per heavy atom. The summed E-state index contributed by atoms with van der Waals surface area (Å²) in [5, 5.41) is 19.2. The van der Waals surface area contributed by atoms with Crippen LogP contribution in [0.15, 0.2) is 18.3 Å². The molecular weight excluding hydrogens is 218 g/mol. The van der Waals surface area contributed by atoms with Gasteiger partial charge in [-0.15, -0.1) is 0 Å². The summed E-state index contributed by atoms with van der Waals surface area (Å²) in [4.78, 5) is 11.9. The van der Waals surface area contributed by atoms with Crippen LogP contribution < -0.4 is 5.32 Å². The number of hydrogen-bond acceptors (Lipinski definition) is 3. The molecule has 0 saturated carbocycles. The molecule has 5 nitrogen and oxygen atoms in total. The minimum absolute atomic E-state index is 0.0834. The third-order valence-corrected chi connectivity index (χ3v) is 2.76. The van der Waals surface area contributed by atoms with Crippen LogP contribution in [-0.2, 0) is 0 Å². The van der Waals surface area contributed by atoms with E-state index in [-0.39, 0.29) is 12.5 Å². The molecule has 90 valence electrons. The number of aliphatic hydroxyl groups excluding tert-OH is 1. The molecule has 0 aliphatic rings. The first-order valence-electron chi connectivity index (χ1n) is 5.56. The van der Waals surface area contributed by atoms with Crippen molar-refractivity contribution in [3.05, 3.63) is 29.5 Å². The van der Waals surface area contributed by atoms with Gasteiger partial charge in [-0.2, -0.15) is 5.10 Å². The Hall–Kier alpha value is -1.88. The van der Waals surface area contributed by atoms with Gasteiger partial charge in [0.05, 0.1) is 11.7 Å². The molecule has 3 N–H and O–H groups in total. The van der Waals surface area contributed by atoms with Gasteiger partial charge in [0.15, 0.2) is 0 Å². The van der Waals surface area contributed by atoms with Crippen LogP contribution in [0, 0.1) is 6.92 Å². The molecule has 2 aromatic rings. The highest BCUT2D eigenvalue weighted by molar-refractivity contribution is 6.00. The van der Waals surface area contributed by atoms with Crippen molar-refractivity contribution in [2.24, 2.45) is 0 Å².